The summed E-state index contributed by atoms with van der Waals surface area (Å²) in [6.45, 7) is -0.157. The summed E-state index contributed by atoms with van der Waals surface area (Å²) in [6.07, 6.45) is -2.58. The van der Waals surface area contributed by atoms with E-state index >= 15 is 4.39 Å². The summed E-state index contributed by atoms with van der Waals surface area (Å²) >= 11 is 0. The van der Waals surface area contributed by atoms with Crippen LogP contribution in [0.1, 0.15) is 39.6 Å². The number of fused-ring (bicyclic) bond motifs is 1. The molecule has 0 radical (unpaired) electrons. The molecule has 0 unspecified atom stereocenters. The van der Waals surface area contributed by atoms with Gasteiger partial charge in [-0.2, -0.15) is 0 Å². The second-order valence-electron chi connectivity index (χ2n) is 14.1. The molecule has 9 rings (SSSR count). The summed E-state index contributed by atoms with van der Waals surface area (Å²) in [6, 6.07) is 60.2. The van der Waals surface area contributed by atoms with Crippen LogP contribution >= 0.6 is 0 Å². The Morgan fingerprint density at radius 1 is 0.596 bits per heavy atom. The average Bonchev–Trinajstić information content (AvgIpc) is 3.85. The van der Waals surface area contributed by atoms with Gasteiger partial charge >= 0.3 is 0 Å². The van der Waals surface area contributed by atoms with Crippen molar-refractivity contribution < 1.29 is 19.0 Å². The summed E-state index contributed by atoms with van der Waals surface area (Å²) in [4.78, 5) is 14.0. The molecule has 57 heavy (non-hydrogen) atoms. The van der Waals surface area contributed by atoms with Gasteiger partial charge in [-0.1, -0.05) is 182 Å². The predicted octanol–water partition coefficient (Wildman–Crippen LogP) is 8.84. The molecule has 0 spiro atoms. The highest BCUT2D eigenvalue weighted by molar-refractivity contribution is 5.84. The Labute approximate surface area is 330 Å². The van der Waals surface area contributed by atoms with E-state index in [-0.39, 0.29) is 6.61 Å². The Morgan fingerprint density at radius 2 is 1.02 bits per heavy atom. The van der Waals surface area contributed by atoms with Crippen LogP contribution in [0.4, 0.5) is 10.2 Å². The number of ether oxygens (including phenoxy) is 2. The highest BCUT2D eigenvalue weighted by Gasteiger charge is 2.48. The second-order valence-corrected chi connectivity index (χ2v) is 14.1. The first-order valence-electron chi connectivity index (χ1n) is 19.0. The fourth-order valence-electron chi connectivity index (χ4n) is 8.14. The van der Waals surface area contributed by atoms with Gasteiger partial charge < -0.3 is 19.9 Å². The van der Waals surface area contributed by atoms with Gasteiger partial charge in [0.05, 0.1) is 12.9 Å². The lowest BCUT2D eigenvalue weighted by Gasteiger charge is -2.37. The summed E-state index contributed by atoms with van der Waals surface area (Å²) in [5.41, 5.74) is 4.44. The molecule has 282 valence electrons. The number of hydrogen-bond donors (Lipinski definition) is 2. The predicted molar refractivity (Wildman–Crippen MR) is 218 cm³/mol. The molecule has 3 heterocycles. The number of aliphatic hydroxyl groups is 1. The quantitative estimate of drug-likeness (QED) is 0.121. The van der Waals surface area contributed by atoms with E-state index in [0.29, 0.717) is 17.0 Å². The third kappa shape index (κ3) is 6.45. The Balaban J connectivity index is 1.07. The van der Waals surface area contributed by atoms with Crippen LogP contribution in [-0.2, 0) is 20.6 Å². The molecule has 8 aromatic rings. The molecule has 2 N–H and O–H groups in total. The maximum absolute atomic E-state index is 16.3. The van der Waals surface area contributed by atoms with Crippen LogP contribution in [0.5, 0.6) is 0 Å². The van der Waals surface area contributed by atoms with Crippen molar-refractivity contribution in [1.82, 2.24) is 19.5 Å². The van der Waals surface area contributed by atoms with E-state index in [2.05, 4.69) is 46.7 Å². The van der Waals surface area contributed by atoms with Crippen LogP contribution in [0.2, 0.25) is 0 Å². The van der Waals surface area contributed by atoms with Crippen molar-refractivity contribution in [1.29, 1.82) is 0 Å². The number of halogens is 1. The Hall–Kier alpha value is -6.52. The van der Waals surface area contributed by atoms with Crippen molar-refractivity contribution in [2.45, 2.75) is 35.7 Å². The summed E-state index contributed by atoms with van der Waals surface area (Å²) < 4.78 is 31.2. The molecule has 1 aliphatic rings. The number of imidazole rings is 1. The number of aromatic nitrogens is 4. The van der Waals surface area contributed by atoms with Crippen LogP contribution in [0.3, 0.4) is 0 Å². The molecule has 1 fully saturated rings. The molecule has 4 atom stereocenters. The summed E-state index contributed by atoms with van der Waals surface area (Å²) in [5.74, 6) is 0.456. The summed E-state index contributed by atoms with van der Waals surface area (Å²) in [5, 5.41) is 15.3. The lowest BCUT2D eigenvalue weighted by Crippen LogP contribution is -2.38. The Kier molecular flexibility index (Phi) is 9.86. The van der Waals surface area contributed by atoms with Gasteiger partial charge in [-0.15, -0.1) is 0 Å². The number of rotatable bonds is 12. The lowest BCUT2D eigenvalue weighted by molar-refractivity contribution is -0.0893. The van der Waals surface area contributed by atoms with E-state index in [0.717, 1.165) is 33.4 Å². The van der Waals surface area contributed by atoms with E-state index in [1.54, 1.807) is 4.57 Å². The average molecular weight is 754 g/mol. The molecule has 1 aliphatic heterocycles. The number of alkyl halides is 1. The topological polar surface area (TPSA) is 94.3 Å². The molecule has 0 aliphatic carbocycles. The monoisotopic (exact) mass is 753 g/mol. The second kappa shape index (κ2) is 15.5. The van der Waals surface area contributed by atoms with Crippen molar-refractivity contribution >= 4 is 17.0 Å². The van der Waals surface area contributed by atoms with Gasteiger partial charge in [0.15, 0.2) is 29.4 Å². The number of benzene rings is 6. The number of nitrogens with zero attached hydrogens (tertiary/aromatic N) is 4. The van der Waals surface area contributed by atoms with Crippen LogP contribution in [0, 0.1) is 0 Å². The fraction of sp³-hybridized carbons (Fsp3) is 0.146. The third-order valence-electron chi connectivity index (χ3n) is 10.9. The largest absolute Gasteiger partial charge is 0.385 e. The molecule has 8 nitrogen and oxygen atoms in total. The third-order valence-corrected chi connectivity index (χ3v) is 10.9. The maximum atomic E-state index is 16.3. The van der Waals surface area contributed by atoms with Crippen molar-refractivity contribution in [3.8, 4) is 0 Å². The Morgan fingerprint density at radius 3 is 1.46 bits per heavy atom. The van der Waals surface area contributed by atoms with Gasteiger partial charge in [0, 0.05) is 0 Å². The van der Waals surface area contributed by atoms with Gasteiger partial charge in [-0.05, 0) is 33.4 Å². The first kappa shape index (κ1) is 36.1. The van der Waals surface area contributed by atoms with E-state index < -0.39 is 35.7 Å². The molecule has 0 bridgehead atoms. The van der Waals surface area contributed by atoms with E-state index in [1.165, 1.54) is 12.7 Å². The highest BCUT2D eigenvalue weighted by Crippen LogP contribution is 2.44. The first-order valence-corrected chi connectivity index (χ1v) is 19.0. The van der Waals surface area contributed by atoms with Gasteiger partial charge in [0.1, 0.15) is 29.7 Å². The minimum Gasteiger partial charge on any atom is -0.385 e. The minimum absolute atomic E-state index is 0.157. The van der Waals surface area contributed by atoms with Crippen molar-refractivity contribution in [2.75, 3.05) is 11.9 Å². The summed E-state index contributed by atoms with van der Waals surface area (Å²) in [7, 11) is 0. The van der Waals surface area contributed by atoms with Gasteiger partial charge in [0.2, 0.25) is 0 Å². The van der Waals surface area contributed by atoms with Gasteiger partial charge in [-0.3, -0.25) is 4.57 Å². The molecule has 6 aromatic carbocycles. The molecule has 9 heteroatoms. The smallest absolute Gasteiger partial charge is 0.167 e. The number of aliphatic hydroxyl groups excluding tert-OH is 1. The van der Waals surface area contributed by atoms with E-state index in [1.807, 2.05) is 146 Å². The first-order chi connectivity index (χ1) is 28.1. The van der Waals surface area contributed by atoms with Crippen molar-refractivity contribution in [2.24, 2.45) is 0 Å². The van der Waals surface area contributed by atoms with Crippen LogP contribution in [0.25, 0.3) is 11.2 Å². The molecule has 2 aromatic heterocycles. The van der Waals surface area contributed by atoms with E-state index in [9.17, 15) is 5.11 Å². The molecular formula is C48H40FN5O3. The molecule has 0 saturated carbocycles. The molecular weight excluding hydrogens is 714 g/mol. The maximum Gasteiger partial charge on any atom is 0.167 e. The Bertz CT molecular complexity index is 2330. The number of nitrogens with one attached hydrogen (secondary N) is 1. The minimum atomic E-state index is -1.77. The molecule has 0 amide bonds. The van der Waals surface area contributed by atoms with Crippen LogP contribution < -0.4 is 5.32 Å². The highest BCUT2D eigenvalue weighted by atomic mass is 19.1. The fourth-order valence-corrected chi connectivity index (χ4v) is 8.14. The zero-order valence-electron chi connectivity index (χ0n) is 30.9. The number of anilines is 1. The van der Waals surface area contributed by atoms with Gasteiger partial charge in [-0.25, -0.2) is 19.3 Å². The lowest BCUT2D eigenvalue weighted by atomic mass is 9.77. The van der Waals surface area contributed by atoms with E-state index in [4.69, 9.17) is 19.4 Å². The standard InChI is InChI=1S/C48H40FN5O3/c49-41-40(31-56-48(37-25-13-4-14-26-37,38-27-15-5-16-28-38)39-29-17-6-18-30-39)57-46(43(41)55)54-33-52-42-44(50-32-51-45(42)54)53-47(34-19-7-1-8-20-34,35-21-9-2-10-22-35)36-23-11-3-12-24-36/h1-30,32-33,40-41,43,46,55H,31H2,(H,50,51,53)/t40-,41+,43-,46-/m1/s1. The molecule has 1 saturated heterocycles. The number of hydrogen-bond acceptors (Lipinski definition) is 7. The SMILES string of the molecule is O[C@@H]1[C@@H](F)[C@@H](COC(c2ccccc2)(c2ccccc2)c2ccccc2)O[C@H]1n1cnc2c(NC(c3ccccc3)(c3ccccc3)c3ccccc3)ncnc21. The van der Waals surface area contributed by atoms with Crippen LogP contribution in [-0.4, -0.2) is 49.6 Å². The van der Waals surface area contributed by atoms with Crippen molar-refractivity contribution in [3.63, 3.8) is 0 Å². The zero-order valence-corrected chi connectivity index (χ0v) is 30.9. The van der Waals surface area contributed by atoms with Crippen molar-refractivity contribution in [3.05, 3.63) is 228 Å². The van der Waals surface area contributed by atoms with Crippen LogP contribution in [0.15, 0.2) is 195 Å². The normalized spacial score (nSPS) is 18.4. The zero-order chi connectivity index (χ0) is 38.7. The van der Waals surface area contributed by atoms with Gasteiger partial charge in [0.25, 0.3) is 0 Å².